The van der Waals surface area contributed by atoms with Crippen molar-refractivity contribution in [3.8, 4) is 10.8 Å². The van der Waals surface area contributed by atoms with E-state index in [1.165, 1.54) is 4.88 Å². The minimum absolute atomic E-state index is 0.136. The maximum Gasteiger partial charge on any atom is 0.268 e. The van der Waals surface area contributed by atoms with Crippen LogP contribution in [0, 0.1) is 6.92 Å². The summed E-state index contributed by atoms with van der Waals surface area (Å²) in [6.07, 6.45) is 0.808. The molecule has 2 aromatic heterocycles. The van der Waals surface area contributed by atoms with Gasteiger partial charge in [0.2, 0.25) is 0 Å². The number of hydrogen-bond donors (Lipinski definition) is 1. The number of rotatable bonds is 3. The molecule has 1 atom stereocenters. The zero-order valence-electron chi connectivity index (χ0n) is 8.73. The number of thiophene rings is 1. The fourth-order valence-corrected chi connectivity index (χ4v) is 2.01. The van der Waals surface area contributed by atoms with Crippen molar-refractivity contribution >= 4 is 11.3 Å². The van der Waals surface area contributed by atoms with E-state index in [0.29, 0.717) is 11.7 Å². The number of aryl methyl sites for hydroxylation is 1. The Balaban J connectivity index is 2.27. The molecule has 0 bridgehead atoms. The number of aromatic nitrogens is 2. The third kappa shape index (κ3) is 2.08. The van der Waals surface area contributed by atoms with Crippen LogP contribution in [-0.4, -0.2) is 10.1 Å². The van der Waals surface area contributed by atoms with Crippen LogP contribution in [0.25, 0.3) is 10.8 Å². The molecule has 0 fully saturated rings. The first kappa shape index (κ1) is 10.3. The molecule has 2 rings (SSSR count). The Morgan fingerprint density at radius 1 is 1.53 bits per heavy atom. The zero-order chi connectivity index (χ0) is 10.8. The van der Waals surface area contributed by atoms with Gasteiger partial charge in [-0.1, -0.05) is 12.1 Å². The van der Waals surface area contributed by atoms with Crippen LogP contribution in [0.3, 0.4) is 0 Å². The third-order valence-electron chi connectivity index (χ3n) is 2.16. The van der Waals surface area contributed by atoms with Crippen LogP contribution in [0.2, 0.25) is 0 Å². The van der Waals surface area contributed by atoms with E-state index in [1.807, 2.05) is 26.0 Å². The predicted octanol–water partition coefficient (Wildman–Crippen LogP) is 2.52. The van der Waals surface area contributed by atoms with Gasteiger partial charge < -0.3 is 10.3 Å². The lowest BCUT2D eigenvalue weighted by Crippen LogP contribution is -2.10. The summed E-state index contributed by atoms with van der Waals surface area (Å²) in [5.74, 6) is 1.14. The standard InChI is InChI=1S/C10H13N3OS/c1-3-7(11)9-12-10(14-13-9)8-5-4-6(2)15-8/h4-5,7H,3,11H2,1-2H3. The minimum Gasteiger partial charge on any atom is -0.333 e. The van der Waals surface area contributed by atoms with Gasteiger partial charge in [0, 0.05) is 4.88 Å². The molecule has 2 heterocycles. The van der Waals surface area contributed by atoms with Gasteiger partial charge in [-0.05, 0) is 25.5 Å². The summed E-state index contributed by atoms with van der Waals surface area (Å²) in [6.45, 7) is 4.04. The average Bonchev–Trinajstić information content (AvgIpc) is 2.84. The van der Waals surface area contributed by atoms with Crippen molar-refractivity contribution in [2.24, 2.45) is 5.73 Å². The van der Waals surface area contributed by atoms with Crippen molar-refractivity contribution in [3.05, 3.63) is 22.8 Å². The van der Waals surface area contributed by atoms with Crippen LogP contribution < -0.4 is 5.73 Å². The summed E-state index contributed by atoms with van der Waals surface area (Å²) in [4.78, 5) is 6.49. The molecule has 0 aliphatic carbocycles. The summed E-state index contributed by atoms with van der Waals surface area (Å²) < 4.78 is 5.16. The Morgan fingerprint density at radius 3 is 2.93 bits per heavy atom. The molecular formula is C10H13N3OS. The van der Waals surface area contributed by atoms with E-state index < -0.39 is 0 Å². The van der Waals surface area contributed by atoms with Crippen LogP contribution in [0.4, 0.5) is 0 Å². The molecule has 0 aliphatic heterocycles. The summed E-state index contributed by atoms with van der Waals surface area (Å²) in [5.41, 5.74) is 5.81. The molecule has 0 saturated heterocycles. The van der Waals surface area contributed by atoms with E-state index in [1.54, 1.807) is 11.3 Å². The van der Waals surface area contributed by atoms with Crippen LogP contribution in [0.15, 0.2) is 16.7 Å². The van der Waals surface area contributed by atoms with Crippen molar-refractivity contribution in [2.45, 2.75) is 26.3 Å². The summed E-state index contributed by atoms with van der Waals surface area (Å²) in [6, 6.07) is 3.88. The van der Waals surface area contributed by atoms with Gasteiger partial charge in [0.15, 0.2) is 5.82 Å². The Kier molecular flexibility index (Phi) is 2.83. The van der Waals surface area contributed by atoms with Gasteiger partial charge in [0.25, 0.3) is 5.89 Å². The molecule has 0 spiro atoms. The second-order valence-corrected chi connectivity index (χ2v) is 4.67. The van der Waals surface area contributed by atoms with Crippen LogP contribution >= 0.6 is 11.3 Å². The molecule has 0 radical (unpaired) electrons. The van der Waals surface area contributed by atoms with Crippen molar-refractivity contribution < 1.29 is 4.52 Å². The Hall–Kier alpha value is -1.20. The van der Waals surface area contributed by atoms with Gasteiger partial charge in [0.1, 0.15) is 0 Å². The first-order valence-corrected chi connectivity index (χ1v) is 5.68. The third-order valence-corrected chi connectivity index (χ3v) is 3.15. The van der Waals surface area contributed by atoms with E-state index in [0.717, 1.165) is 11.3 Å². The smallest absolute Gasteiger partial charge is 0.268 e. The van der Waals surface area contributed by atoms with Gasteiger partial charge in [-0.15, -0.1) is 11.3 Å². The molecule has 1 unspecified atom stereocenters. The lowest BCUT2D eigenvalue weighted by Gasteiger charge is -1.98. The highest BCUT2D eigenvalue weighted by atomic mass is 32.1. The topological polar surface area (TPSA) is 64.9 Å². The van der Waals surface area contributed by atoms with Crippen LogP contribution in [0.5, 0.6) is 0 Å². The largest absolute Gasteiger partial charge is 0.333 e. The molecule has 0 aliphatic rings. The van der Waals surface area contributed by atoms with Crippen LogP contribution in [0.1, 0.15) is 30.1 Å². The molecule has 2 N–H and O–H groups in total. The zero-order valence-corrected chi connectivity index (χ0v) is 9.54. The van der Waals surface area contributed by atoms with E-state index >= 15 is 0 Å². The van der Waals surface area contributed by atoms with Crippen molar-refractivity contribution in [1.82, 2.24) is 10.1 Å². The predicted molar refractivity (Wildman–Crippen MR) is 59.6 cm³/mol. The number of nitrogens with zero attached hydrogens (tertiary/aromatic N) is 2. The monoisotopic (exact) mass is 223 g/mol. The maximum atomic E-state index is 5.81. The van der Waals surface area contributed by atoms with Crippen molar-refractivity contribution in [1.29, 1.82) is 0 Å². The van der Waals surface area contributed by atoms with Crippen molar-refractivity contribution in [2.75, 3.05) is 0 Å². The SMILES string of the molecule is CCC(N)c1noc(-c2ccc(C)s2)n1. The molecule has 0 saturated carbocycles. The van der Waals surface area contributed by atoms with E-state index in [4.69, 9.17) is 10.3 Å². The molecule has 0 aromatic carbocycles. The molecule has 80 valence electrons. The maximum absolute atomic E-state index is 5.81. The van der Waals surface area contributed by atoms with Gasteiger partial charge in [0.05, 0.1) is 10.9 Å². The van der Waals surface area contributed by atoms with Crippen molar-refractivity contribution in [3.63, 3.8) is 0 Å². The van der Waals surface area contributed by atoms with Crippen LogP contribution in [-0.2, 0) is 0 Å². The first-order valence-electron chi connectivity index (χ1n) is 4.86. The summed E-state index contributed by atoms with van der Waals surface area (Å²) >= 11 is 1.64. The van der Waals surface area contributed by atoms with Gasteiger partial charge >= 0.3 is 0 Å². The highest BCUT2D eigenvalue weighted by molar-refractivity contribution is 7.15. The first-order chi connectivity index (χ1) is 7.20. The average molecular weight is 223 g/mol. The van der Waals surface area contributed by atoms with Gasteiger partial charge in [-0.25, -0.2) is 0 Å². The van der Waals surface area contributed by atoms with Gasteiger partial charge in [-0.3, -0.25) is 0 Å². The summed E-state index contributed by atoms with van der Waals surface area (Å²) in [5, 5.41) is 3.87. The fraction of sp³-hybridized carbons (Fsp3) is 0.400. The normalized spacial score (nSPS) is 13.0. The second kappa shape index (κ2) is 4.12. The quantitative estimate of drug-likeness (QED) is 0.868. The highest BCUT2D eigenvalue weighted by Gasteiger charge is 2.14. The van der Waals surface area contributed by atoms with E-state index in [9.17, 15) is 0 Å². The Bertz CT molecular complexity index is 449. The lowest BCUT2D eigenvalue weighted by atomic mass is 10.2. The Morgan fingerprint density at radius 2 is 2.33 bits per heavy atom. The van der Waals surface area contributed by atoms with E-state index in [-0.39, 0.29) is 6.04 Å². The molecule has 0 amide bonds. The highest BCUT2D eigenvalue weighted by Crippen LogP contribution is 2.26. The Labute approximate surface area is 92.1 Å². The fourth-order valence-electron chi connectivity index (χ4n) is 1.22. The minimum atomic E-state index is -0.136. The summed E-state index contributed by atoms with van der Waals surface area (Å²) in [7, 11) is 0. The molecule has 2 aromatic rings. The molecule has 4 nitrogen and oxygen atoms in total. The second-order valence-electron chi connectivity index (χ2n) is 3.38. The molecular weight excluding hydrogens is 210 g/mol. The van der Waals surface area contributed by atoms with Gasteiger partial charge in [-0.2, -0.15) is 4.98 Å². The molecule has 5 heteroatoms. The molecule has 15 heavy (non-hydrogen) atoms. The number of hydrogen-bond acceptors (Lipinski definition) is 5. The lowest BCUT2D eigenvalue weighted by molar-refractivity contribution is 0.416. The number of nitrogens with two attached hydrogens (primary N) is 1. The van der Waals surface area contributed by atoms with E-state index in [2.05, 4.69) is 10.1 Å².